The van der Waals surface area contributed by atoms with Gasteiger partial charge >= 0.3 is 0 Å². The van der Waals surface area contributed by atoms with Gasteiger partial charge in [0.1, 0.15) is 0 Å². The maximum atomic E-state index is 11.9. The van der Waals surface area contributed by atoms with Crippen molar-refractivity contribution in [1.29, 1.82) is 0 Å². The molecule has 1 nitrogen and oxygen atoms in total. The molecule has 0 saturated heterocycles. The quantitative estimate of drug-likeness (QED) is 0.403. The average Bonchev–Trinajstić information content (AvgIpc) is 2.18. The molecule has 1 heteroatoms. The Kier molecular flexibility index (Phi) is 4.29. The van der Waals surface area contributed by atoms with Crippen LogP contribution in [0.3, 0.4) is 0 Å². The van der Waals surface area contributed by atoms with E-state index in [1.165, 1.54) is 0 Å². The Hall–Kier alpha value is -1.37. The van der Waals surface area contributed by atoms with E-state index in [9.17, 15) is 4.79 Å². The van der Waals surface area contributed by atoms with Gasteiger partial charge in [-0.05, 0) is 37.8 Å². The summed E-state index contributed by atoms with van der Waals surface area (Å²) in [6.45, 7) is 7.64. The van der Waals surface area contributed by atoms with Gasteiger partial charge in [0.05, 0.1) is 0 Å². The summed E-state index contributed by atoms with van der Waals surface area (Å²) in [4.78, 5) is 11.9. The Morgan fingerprint density at radius 2 is 1.93 bits per heavy atom. The summed E-state index contributed by atoms with van der Waals surface area (Å²) in [5.41, 5.74) is 3.07. The van der Waals surface area contributed by atoms with Crippen LogP contribution in [-0.4, -0.2) is 5.78 Å². The van der Waals surface area contributed by atoms with Crippen molar-refractivity contribution in [3.05, 3.63) is 47.5 Å². The molecular weight excluding hydrogens is 184 g/mol. The normalized spacial score (nSPS) is 10.0. The number of allylic oxidation sites excluding steroid dienone is 1. The fourth-order valence-corrected chi connectivity index (χ4v) is 1.79. The van der Waals surface area contributed by atoms with Crippen molar-refractivity contribution < 1.29 is 4.79 Å². The first-order valence-corrected chi connectivity index (χ1v) is 5.37. The minimum atomic E-state index is 0.257. The Labute approximate surface area is 91.8 Å². The van der Waals surface area contributed by atoms with Gasteiger partial charge in [-0.25, -0.2) is 0 Å². The van der Waals surface area contributed by atoms with Gasteiger partial charge in [-0.1, -0.05) is 24.3 Å². The summed E-state index contributed by atoms with van der Waals surface area (Å²) in [5.74, 6) is 0.257. The second-order valence-electron chi connectivity index (χ2n) is 3.87. The first kappa shape index (κ1) is 11.7. The van der Waals surface area contributed by atoms with Crippen LogP contribution in [-0.2, 0) is 0 Å². The van der Waals surface area contributed by atoms with E-state index in [2.05, 4.69) is 6.58 Å². The zero-order chi connectivity index (χ0) is 11.3. The highest BCUT2D eigenvalue weighted by Gasteiger charge is 2.10. The standard InChI is InChI=1S/C14H18O/c1-4-5-6-10-13(15)14-11(2)8-7-9-12(14)3/h4,7-9H,1,5-6,10H2,2-3H3. The van der Waals surface area contributed by atoms with Gasteiger partial charge in [-0.2, -0.15) is 0 Å². The van der Waals surface area contributed by atoms with Gasteiger partial charge in [-0.15, -0.1) is 6.58 Å². The van der Waals surface area contributed by atoms with Gasteiger partial charge in [0.15, 0.2) is 5.78 Å². The van der Waals surface area contributed by atoms with E-state index < -0.39 is 0 Å². The number of unbranched alkanes of at least 4 members (excludes halogenated alkanes) is 1. The third-order valence-electron chi connectivity index (χ3n) is 2.57. The Morgan fingerprint density at radius 3 is 2.47 bits per heavy atom. The number of carbonyl (C=O) groups is 1. The lowest BCUT2D eigenvalue weighted by atomic mass is 9.96. The molecule has 1 aromatic rings. The lowest BCUT2D eigenvalue weighted by molar-refractivity contribution is 0.0979. The lowest BCUT2D eigenvalue weighted by Crippen LogP contribution is -2.04. The molecule has 0 aliphatic carbocycles. The third kappa shape index (κ3) is 3.05. The Morgan fingerprint density at radius 1 is 1.33 bits per heavy atom. The van der Waals surface area contributed by atoms with Crippen LogP contribution < -0.4 is 0 Å². The molecule has 80 valence electrons. The van der Waals surface area contributed by atoms with Gasteiger partial charge < -0.3 is 0 Å². The van der Waals surface area contributed by atoms with Crippen molar-refractivity contribution in [3.8, 4) is 0 Å². The summed E-state index contributed by atoms with van der Waals surface area (Å²) in [7, 11) is 0. The van der Waals surface area contributed by atoms with Gasteiger partial charge in [0, 0.05) is 12.0 Å². The molecule has 0 bridgehead atoms. The molecule has 0 atom stereocenters. The monoisotopic (exact) mass is 202 g/mol. The molecule has 0 N–H and O–H groups in total. The minimum absolute atomic E-state index is 0.257. The highest BCUT2D eigenvalue weighted by molar-refractivity contribution is 5.98. The Bertz CT molecular complexity index is 343. The molecule has 0 unspecified atom stereocenters. The average molecular weight is 202 g/mol. The van der Waals surface area contributed by atoms with Gasteiger partial charge in [-0.3, -0.25) is 4.79 Å². The lowest BCUT2D eigenvalue weighted by Gasteiger charge is -2.07. The molecule has 15 heavy (non-hydrogen) atoms. The number of rotatable bonds is 5. The van der Waals surface area contributed by atoms with Crippen LogP contribution in [0.1, 0.15) is 40.7 Å². The molecule has 0 radical (unpaired) electrons. The second kappa shape index (κ2) is 5.50. The van der Waals surface area contributed by atoms with E-state index in [1.807, 2.05) is 38.1 Å². The predicted molar refractivity (Wildman–Crippen MR) is 64.3 cm³/mol. The van der Waals surface area contributed by atoms with Crippen molar-refractivity contribution >= 4 is 5.78 Å². The van der Waals surface area contributed by atoms with Crippen LogP contribution in [0.4, 0.5) is 0 Å². The first-order chi connectivity index (χ1) is 7.16. The van der Waals surface area contributed by atoms with Gasteiger partial charge in [0.25, 0.3) is 0 Å². The summed E-state index contributed by atoms with van der Waals surface area (Å²) in [6, 6.07) is 5.98. The molecule has 0 saturated carbocycles. The Balaban J connectivity index is 2.77. The number of hydrogen-bond acceptors (Lipinski definition) is 1. The largest absolute Gasteiger partial charge is 0.294 e. The highest BCUT2D eigenvalue weighted by Crippen LogP contribution is 2.16. The SMILES string of the molecule is C=CCCCC(=O)c1c(C)cccc1C. The molecular formula is C14H18O. The van der Waals surface area contributed by atoms with E-state index in [0.29, 0.717) is 6.42 Å². The highest BCUT2D eigenvalue weighted by atomic mass is 16.1. The van der Waals surface area contributed by atoms with Crippen molar-refractivity contribution in [1.82, 2.24) is 0 Å². The molecule has 0 heterocycles. The van der Waals surface area contributed by atoms with Crippen LogP contribution in [0.2, 0.25) is 0 Å². The maximum Gasteiger partial charge on any atom is 0.163 e. The smallest absolute Gasteiger partial charge is 0.163 e. The fraction of sp³-hybridized carbons (Fsp3) is 0.357. The van der Waals surface area contributed by atoms with Crippen LogP contribution in [0.25, 0.3) is 0 Å². The number of aryl methyl sites for hydroxylation is 2. The second-order valence-corrected chi connectivity index (χ2v) is 3.87. The summed E-state index contributed by atoms with van der Waals surface area (Å²) in [5, 5.41) is 0. The van der Waals surface area contributed by atoms with E-state index in [4.69, 9.17) is 0 Å². The zero-order valence-electron chi connectivity index (χ0n) is 9.55. The topological polar surface area (TPSA) is 17.1 Å². The molecule has 1 aromatic carbocycles. The number of benzene rings is 1. The van der Waals surface area contributed by atoms with E-state index >= 15 is 0 Å². The maximum absolute atomic E-state index is 11.9. The molecule has 0 fully saturated rings. The van der Waals surface area contributed by atoms with Crippen molar-refractivity contribution in [2.24, 2.45) is 0 Å². The zero-order valence-corrected chi connectivity index (χ0v) is 9.55. The molecule has 0 aliphatic heterocycles. The van der Waals surface area contributed by atoms with Crippen molar-refractivity contribution in [3.63, 3.8) is 0 Å². The van der Waals surface area contributed by atoms with Gasteiger partial charge in [0.2, 0.25) is 0 Å². The molecule has 0 spiro atoms. The van der Waals surface area contributed by atoms with E-state index in [-0.39, 0.29) is 5.78 Å². The summed E-state index contributed by atoms with van der Waals surface area (Å²) in [6.07, 6.45) is 4.29. The van der Waals surface area contributed by atoms with Crippen LogP contribution in [0.15, 0.2) is 30.9 Å². The minimum Gasteiger partial charge on any atom is -0.294 e. The summed E-state index contributed by atoms with van der Waals surface area (Å²) >= 11 is 0. The first-order valence-electron chi connectivity index (χ1n) is 5.37. The van der Waals surface area contributed by atoms with Crippen molar-refractivity contribution in [2.45, 2.75) is 33.1 Å². The third-order valence-corrected chi connectivity index (χ3v) is 2.57. The molecule has 0 aliphatic rings. The van der Waals surface area contributed by atoms with Crippen molar-refractivity contribution in [2.75, 3.05) is 0 Å². The molecule has 0 aromatic heterocycles. The van der Waals surface area contributed by atoms with Crippen LogP contribution in [0.5, 0.6) is 0 Å². The number of ketones is 1. The van der Waals surface area contributed by atoms with E-state index in [0.717, 1.165) is 29.5 Å². The summed E-state index contributed by atoms with van der Waals surface area (Å²) < 4.78 is 0. The number of carbonyl (C=O) groups excluding carboxylic acids is 1. The van der Waals surface area contributed by atoms with Crippen LogP contribution >= 0.6 is 0 Å². The van der Waals surface area contributed by atoms with Crippen LogP contribution in [0, 0.1) is 13.8 Å². The van der Waals surface area contributed by atoms with E-state index in [1.54, 1.807) is 0 Å². The number of Topliss-reactive ketones (excluding diaryl/α,β-unsaturated/α-hetero) is 1. The fourth-order valence-electron chi connectivity index (χ4n) is 1.79. The molecule has 1 rings (SSSR count). The number of hydrogen-bond donors (Lipinski definition) is 0. The molecule has 0 amide bonds. The predicted octanol–water partition coefficient (Wildman–Crippen LogP) is 3.84.